The molecule has 4 unspecified atom stereocenters. The van der Waals surface area contributed by atoms with Gasteiger partial charge < -0.3 is 28.4 Å². The largest absolute Gasteiger partial charge is 0.373 e. The summed E-state index contributed by atoms with van der Waals surface area (Å²) in [6, 6.07) is 0. The first kappa shape index (κ1) is 18.5. The van der Waals surface area contributed by atoms with E-state index in [0.29, 0.717) is 19.8 Å². The highest BCUT2D eigenvalue weighted by Gasteiger charge is 2.49. The van der Waals surface area contributed by atoms with E-state index in [2.05, 4.69) is 13.8 Å². The molecule has 3 aliphatic heterocycles. The molecule has 4 atom stereocenters. The van der Waals surface area contributed by atoms with E-state index in [1.807, 2.05) is 27.7 Å². The van der Waals surface area contributed by atoms with Crippen molar-refractivity contribution in [3.8, 4) is 0 Å². The molecule has 0 aliphatic carbocycles. The Balaban J connectivity index is 1.81. The smallest absolute Gasteiger partial charge is 0.163 e. The van der Waals surface area contributed by atoms with Crippen LogP contribution in [0.15, 0.2) is 0 Å². The van der Waals surface area contributed by atoms with Crippen LogP contribution in [0.4, 0.5) is 0 Å². The molecule has 6 nitrogen and oxygen atoms in total. The minimum Gasteiger partial charge on any atom is -0.373 e. The number of rotatable bonds is 2. The first-order chi connectivity index (χ1) is 11.1. The lowest BCUT2D eigenvalue weighted by Gasteiger charge is -2.41. The third kappa shape index (κ3) is 4.29. The molecule has 24 heavy (non-hydrogen) atoms. The van der Waals surface area contributed by atoms with Gasteiger partial charge in [0.25, 0.3) is 0 Å². The van der Waals surface area contributed by atoms with Crippen molar-refractivity contribution < 1.29 is 28.4 Å². The Morgan fingerprint density at radius 2 is 1.25 bits per heavy atom. The summed E-state index contributed by atoms with van der Waals surface area (Å²) in [6.07, 6.45) is 1.04. The van der Waals surface area contributed by atoms with E-state index in [1.54, 1.807) is 0 Å². The van der Waals surface area contributed by atoms with E-state index in [-0.39, 0.29) is 30.0 Å². The van der Waals surface area contributed by atoms with Gasteiger partial charge in [-0.1, -0.05) is 0 Å². The number of ether oxygens (including phenoxy) is 6. The molecule has 3 heterocycles. The summed E-state index contributed by atoms with van der Waals surface area (Å²) in [7, 11) is 0. The van der Waals surface area contributed by atoms with Gasteiger partial charge >= 0.3 is 0 Å². The lowest BCUT2D eigenvalue weighted by atomic mass is 9.97. The molecule has 0 saturated carbocycles. The lowest BCUT2D eigenvalue weighted by Crippen LogP contribution is -2.54. The normalized spacial score (nSPS) is 41.8. The fourth-order valence-electron chi connectivity index (χ4n) is 3.67. The Bertz CT molecular complexity index is 447. The molecule has 3 saturated heterocycles. The van der Waals surface area contributed by atoms with Gasteiger partial charge in [0.1, 0.15) is 24.4 Å². The second-order valence-electron chi connectivity index (χ2n) is 8.52. The van der Waals surface area contributed by atoms with Gasteiger partial charge in [-0.05, 0) is 54.4 Å². The van der Waals surface area contributed by atoms with Crippen LogP contribution in [-0.4, -0.2) is 61.4 Å². The molecule has 3 aliphatic rings. The molecule has 0 aromatic carbocycles. The highest BCUT2D eigenvalue weighted by molar-refractivity contribution is 4.94. The maximum absolute atomic E-state index is 6.48. The second kappa shape index (κ2) is 6.49. The topological polar surface area (TPSA) is 55.4 Å². The van der Waals surface area contributed by atoms with Gasteiger partial charge in [0.05, 0.1) is 18.8 Å². The van der Waals surface area contributed by atoms with E-state index in [1.165, 1.54) is 0 Å². The van der Waals surface area contributed by atoms with Crippen LogP contribution >= 0.6 is 0 Å². The molecule has 3 rings (SSSR count). The first-order valence-electron chi connectivity index (χ1n) is 9.00. The zero-order valence-corrected chi connectivity index (χ0v) is 15.8. The van der Waals surface area contributed by atoms with E-state index >= 15 is 0 Å². The Hall–Kier alpha value is -0.240. The maximum Gasteiger partial charge on any atom is 0.163 e. The monoisotopic (exact) mass is 344 g/mol. The quantitative estimate of drug-likeness (QED) is 0.768. The lowest BCUT2D eigenvalue weighted by molar-refractivity contribution is -0.234. The zero-order valence-electron chi connectivity index (χ0n) is 15.8. The van der Waals surface area contributed by atoms with Crippen LogP contribution in [0.3, 0.4) is 0 Å². The Labute approximate surface area is 145 Å². The van der Waals surface area contributed by atoms with E-state index in [4.69, 9.17) is 28.4 Å². The molecule has 6 heteroatoms. The van der Waals surface area contributed by atoms with Crippen molar-refractivity contribution in [3.05, 3.63) is 0 Å². The summed E-state index contributed by atoms with van der Waals surface area (Å²) >= 11 is 0. The Morgan fingerprint density at radius 3 is 1.75 bits per heavy atom. The summed E-state index contributed by atoms with van der Waals surface area (Å²) < 4.78 is 36.4. The van der Waals surface area contributed by atoms with Crippen LogP contribution in [0, 0.1) is 0 Å². The predicted molar refractivity (Wildman–Crippen MR) is 87.7 cm³/mol. The van der Waals surface area contributed by atoms with Crippen LogP contribution in [0.25, 0.3) is 0 Å². The Kier molecular flexibility index (Phi) is 5.01. The molecule has 0 aromatic rings. The first-order valence-corrected chi connectivity index (χ1v) is 9.00. The summed E-state index contributed by atoms with van der Waals surface area (Å²) in [5.74, 6) is -1.19. The minimum absolute atomic E-state index is 0.175. The molecule has 3 fully saturated rings. The van der Waals surface area contributed by atoms with Crippen molar-refractivity contribution >= 4 is 0 Å². The molecule has 140 valence electrons. The fourth-order valence-corrected chi connectivity index (χ4v) is 3.67. The van der Waals surface area contributed by atoms with Crippen molar-refractivity contribution in [2.24, 2.45) is 0 Å². The highest BCUT2D eigenvalue weighted by Crippen LogP contribution is 2.36. The summed E-state index contributed by atoms with van der Waals surface area (Å²) in [5, 5.41) is 0. The number of hydrogen-bond acceptors (Lipinski definition) is 6. The molecular weight excluding hydrogens is 312 g/mol. The minimum atomic E-state index is -0.600. The van der Waals surface area contributed by atoms with Gasteiger partial charge in [0.15, 0.2) is 11.6 Å². The summed E-state index contributed by atoms with van der Waals surface area (Å²) in [4.78, 5) is 0. The molecule has 0 amide bonds. The van der Waals surface area contributed by atoms with E-state index < -0.39 is 11.6 Å². The van der Waals surface area contributed by atoms with Crippen LogP contribution in [0.2, 0.25) is 0 Å². The van der Waals surface area contributed by atoms with E-state index in [0.717, 1.165) is 12.8 Å². The molecule has 0 radical (unpaired) electrons. The fraction of sp³-hybridized carbons (Fsp3) is 1.00. The van der Waals surface area contributed by atoms with Crippen molar-refractivity contribution in [1.82, 2.24) is 0 Å². The third-order valence-corrected chi connectivity index (χ3v) is 4.81. The highest BCUT2D eigenvalue weighted by atomic mass is 16.8. The standard InChI is InChI=1S/C18H32O6/c1-16(2)8-7-9-19-14(12-10-20-17(3,4)22-12)15(24-16)13-11-21-18(5,6)23-13/h12-15H,7-11H2,1-6H3. The molecule has 0 N–H and O–H groups in total. The van der Waals surface area contributed by atoms with Crippen LogP contribution < -0.4 is 0 Å². The van der Waals surface area contributed by atoms with Crippen LogP contribution in [-0.2, 0) is 28.4 Å². The summed E-state index contributed by atoms with van der Waals surface area (Å²) in [6.45, 7) is 13.6. The van der Waals surface area contributed by atoms with Crippen molar-refractivity contribution in [3.63, 3.8) is 0 Å². The van der Waals surface area contributed by atoms with Crippen molar-refractivity contribution in [2.75, 3.05) is 19.8 Å². The van der Waals surface area contributed by atoms with Gasteiger partial charge in [0.2, 0.25) is 0 Å². The average Bonchev–Trinajstić information content (AvgIpc) is 2.97. The zero-order chi connectivity index (χ0) is 17.6. The maximum atomic E-state index is 6.48. The molecule has 0 spiro atoms. The van der Waals surface area contributed by atoms with Crippen LogP contribution in [0.5, 0.6) is 0 Å². The van der Waals surface area contributed by atoms with Crippen molar-refractivity contribution in [1.29, 1.82) is 0 Å². The third-order valence-electron chi connectivity index (χ3n) is 4.81. The molecule has 0 bridgehead atoms. The Morgan fingerprint density at radius 1 is 0.708 bits per heavy atom. The predicted octanol–water partition coefficient (Wildman–Crippen LogP) is 2.63. The average molecular weight is 344 g/mol. The van der Waals surface area contributed by atoms with Gasteiger partial charge in [-0.15, -0.1) is 0 Å². The van der Waals surface area contributed by atoms with Gasteiger partial charge in [0, 0.05) is 6.61 Å². The number of hydrogen-bond donors (Lipinski definition) is 0. The molecule has 0 aromatic heterocycles. The molecular formula is C18H32O6. The van der Waals surface area contributed by atoms with Gasteiger partial charge in [-0.3, -0.25) is 0 Å². The van der Waals surface area contributed by atoms with Gasteiger partial charge in [-0.2, -0.15) is 0 Å². The SMILES string of the molecule is CC1(C)CCCOC(C2COC(C)(C)O2)C(C2COC(C)(C)O2)O1. The summed E-state index contributed by atoms with van der Waals surface area (Å²) in [5.41, 5.74) is -0.238. The van der Waals surface area contributed by atoms with Gasteiger partial charge in [-0.25, -0.2) is 0 Å². The van der Waals surface area contributed by atoms with Crippen molar-refractivity contribution in [2.45, 2.75) is 96.0 Å². The second-order valence-corrected chi connectivity index (χ2v) is 8.52. The van der Waals surface area contributed by atoms with E-state index in [9.17, 15) is 0 Å². The van der Waals surface area contributed by atoms with Crippen LogP contribution in [0.1, 0.15) is 54.4 Å².